The minimum absolute atomic E-state index is 0.118. The molecule has 4 nitrogen and oxygen atoms in total. The van der Waals surface area contributed by atoms with Crippen LogP contribution in [0.15, 0.2) is 30.6 Å². The zero-order chi connectivity index (χ0) is 15.2. The molecule has 0 bridgehead atoms. The van der Waals surface area contributed by atoms with Crippen molar-refractivity contribution < 1.29 is 13.5 Å². The first-order valence-corrected chi connectivity index (χ1v) is 6.69. The average Bonchev–Trinajstić information content (AvgIpc) is 2.44. The number of nitrogens with one attached hydrogen (secondary N) is 1. The zero-order valence-corrected chi connectivity index (χ0v) is 11.9. The molecule has 21 heavy (non-hydrogen) atoms. The highest BCUT2D eigenvalue weighted by Crippen LogP contribution is 2.23. The molecule has 1 heterocycles. The van der Waals surface area contributed by atoms with E-state index in [4.69, 9.17) is 4.74 Å². The van der Waals surface area contributed by atoms with E-state index in [2.05, 4.69) is 29.1 Å². The lowest BCUT2D eigenvalue weighted by molar-refractivity contribution is 0.419. The second-order valence-electron chi connectivity index (χ2n) is 5.05. The number of ether oxygens (including phenoxy) is 1. The van der Waals surface area contributed by atoms with Gasteiger partial charge in [0.1, 0.15) is 5.82 Å². The third-order valence-electron chi connectivity index (χ3n) is 2.65. The summed E-state index contributed by atoms with van der Waals surface area (Å²) in [6, 6.07) is 2.99. The van der Waals surface area contributed by atoms with Gasteiger partial charge < -0.3 is 10.1 Å². The fourth-order valence-electron chi connectivity index (χ4n) is 1.64. The number of hydrogen-bond donors (Lipinski definition) is 1. The lowest BCUT2D eigenvalue weighted by Crippen LogP contribution is -2.19. The van der Waals surface area contributed by atoms with Gasteiger partial charge in [-0.15, -0.1) is 0 Å². The van der Waals surface area contributed by atoms with E-state index in [1.807, 2.05) is 0 Å². The van der Waals surface area contributed by atoms with Gasteiger partial charge in [0.2, 0.25) is 5.88 Å². The van der Waals surface area contributed by atoms with Crippen LogP contribution in [-0.4, -0.2) is 16.5 Å². The summed E-state index contributed by atoms with van der Waals surface area (Å²) in [6.45, 7) is 5.71. The van der Waals surface area contributed by atoms with E-state index in [1.165, 1.54) is 6.20 Å². The molecule has 0 fully saturated rings. The highest BCUT2D eigenvalue weighted by atomic mass is 19.1. The van der Waals surface area contributed by atoms with Gasteiger partial charge in [-0.3, -0.25) is 4.98 Å². The molecule has 0 aliphatic rings. The molecule has 0 amide bonds. The molecule has 0 spiro atoms. The second-order valence-corrected chi connectivity index (χ2v) is 5.05. The van der Waals surface area contributed by atoms with Crippen molar-refractivity contribution in [2.24, 2.45) is 5.92 Å². The van der Waals surface area contributed by atoms with Crippen LogP contribution >= 0.6 is 0 Å². The van der Waals surface area contributed by atoms with Crippen molar-refractivity contribution in [2.45, 2.75) is 20.4 Å². The molecule has 6 heteroatoms. The zero-order valence-electron chi connectivity index (χ0n) is 11.9. The van der Waals surface area contributed by atoms with Crippen LogP contribution in [0.3, 0.4) is 0 Å². The second kappa shape index (κ2) is 7.08. The predicted octanol–water partition coefficient (Wildman–Crippen LogP) is 3.29. The molecular formula is C15H17F2N3O. The largest absolute Gasteiger partial charge is 0.434 e. The van der Waals surface area contributed by atoms with Crippen molar-refractivity contribution in [2.75, 3.05) is 6.54 Å². The number of benzene rings is 1. The molecule has 1 N–H and O–H groups in total. The molecule has 0 unspecified atom stereocenters. The van der Waals surface area contributed by atoms with Gasteiger partial charge in [-0.1, -0.05) is 13.8 Å². The van der Waals surface area contributed by atoms with Crippen molar-refractivity contribution in [3.05, 3.63) is 47.9 Å². The maximum Gasteiger partial charge on any atom is 0.237 e. The third kappa shape index (κ3) is 4.75. The average molecular weight is 293 g/mol. The van der Waals surface area contributed by atoms with Gasteiger partial charge >= 0.3 is 0 Å². The third-order valence-corrected chi connectivity index (χ3v) is 2.65. The Morgan fingerprint density at radius 1 is 1.19 bits per heavy atom. The molecule has 0 atom stereocenters. The van der Waals surface area contributed by atoms with Crippen LogP contribution in [0.25, 0.3) is 0 Å². The smallest absolute Gasteiger partial charge is 0.237 e. The number of hydrogen-bond acceptors (Lipinski definition) is 4. The van der Waals surface area contributed by atoms with Gasteiger partial charge in [0, 0.05) is 12.6 Å². The molecule has 2 rings (SSSR count). The van der Waals surface area contributed by atoms with Crippen LogP contribution in [0.1, 0.15) is 19.5 Å². The SMILES string of the molecule is CC(C)CNCc1cnc(Oc2cc(F)ccc2F)cn1. The van der Waals surface area contributed by atoms with E-state index in [9.17, 15) is 8.78 Å². The Hall–Kier alpha value is -2.08. The van der Waals surface area contributed by atoms with Gasteiger partial charge in [-0.25, -0.2) is 13.8 Å². The Morgan fingerprint density at radius 2 is 2.00 bits per heavy atom. The van der Waals surface area contributed by atoms with Crippen LogP contribution in [0.4, 0.5) is 8.78 Å². The van der Waals surface area contributed by atoms with Gasteiger partial charge in [0.05, 0.1) is 18.1 Å². The Labute approximate surface area is 122 Å². The minimum atomic E-state index is -0.652. The topological polar surface area (TPSA) is 47.0 Å². The van der Waals surface area contributed by atoms with Gasteiger partial charge in [0.15, 0.2) is 11.6 Å². The molecule has 0 saturated carbocycles. The van der Waals surface area contributed by atoms with Crippen molar-refractivity contribution in [3.63, 3.8) is 0 Å². The quantitative estimate of drug-likeness (QED) is 0.887. The minimum Gasteiger partial charge on any atom is -0.434 e. The van der Waals surface area contributed by atoms with Crippen LogP contribution in [-0.2, 0) is 6.54 Å². The lowest BCUT2D eigenvalue weighted by Gasteiger charge is -2.08. The molecule has 1 aromatic heterocycles. The lowest BCUT2D eigenvalue weighted by atomic mass is 10.2. The summed E-state index contributed by atoms with van der Waals surface area (Å²) in [6.07, 6.45) is 2.93. The van der Waals surface area contributed by atoms with E-state index in [1.54, 1.807) is 6.20 Å². The fourth-order valence-corrected chi connectivity index (χ4v) is 1.64. The summed E-state index contributed by atoms with van der Waals surface area (Å²) in [5.74, 6) is -0.770. The Morgan fingerprint density at radius 3 is 2.67 bits per heavy atom. The van der Waals surface area contributed by atoms with E-state index < -0.39 is 11.6 Å². The molecular weight excluding hydrogens is 276 g/mol. The molecule has 0 aliphatic heterocycles. The molecule has 2 aromatic rings. The highest BCUT2D eigenvalue weighted by molar-refractivity contribution is 5.28. The Balaban J connectivity index is 1.97. The first-order valence-electron chi connectivity index (χ1n) is 6.69. The Kier molecular flexibility index (Phi) is 5.16. The first-order chi connectivity index (χ1) is 10.0. The molecule has 0 aliphatic carbocycles. The standard InChI is InChI=1S/C15H17F2N3O/c1-10(2)6-18-7-12-8-20-15(9-19-12)21-14-5-11(16)3-4-13(14)17/h3-5,8-10,18H,6-7H2,1-2H3. The fraction of sp³-hybridized carbons (Fsp3) is 0.333. The van der Waals surface area contributed by atoms with E-state index in [0.717, 1.165) is 30.4 Å². The number of nitrogens with zero attached hydrogens (tertiary/aromatic N) is 2. The van der Waals surface area contributed by atoms with Gasteiger partial charge in [-0.2, -0.15) is 0 Å². The number of aromatic nitrogens is 2. The summed E-state index contributed by atoms with van der Waals surface area (Å²) in [4.78, 5) is 8.19. The summed E-state index contributed by atoms with van der Waals surface area (Å²) in [5, 5.41) is 3.23. The first kappa shape index (κ1) is 15.3. The maximum absolute atomic E-state index is 13.4. The number of rotatable bonds is 6. The molecule has 1 aromatic carbocycles. The Bertz CT molecular complexity index is 588. The maximum atomic E-state index is 13.4. The van der Waals surface area contributed by atoms with Gasteiger partial charge in [-0.05, 0) is 24.6 Å². The summed E-state index contributed by atoms with van der Waals surface area (Å²) < 4.78 is 31.6. The van der Waals surface area contributed by atoms with Crippen molar-refractivity contribution in [1.82, 2.24) is 15.3 Å². The monoisotopic (exact) mass is 293 g/mol. The van der Waals surface area contributed by atoms with Crippen LogP contribution < -0.4 is 10.1 Å². The van der Waals surface area contributed by atoms with E-state index in [0.29, 0.717) is 12.5 Å². The van der Waals surface area contributed by atoms with Crippen molar-refractivity contribution in [1.29, 1.82) is 0 Å². The normalized spacial score (nSPS) is 10.9. The van der Waals surface area contributed by atoms with Crippen LogP contribution in [0, 0.1) is 17.6 Å². The summed E-state index contributed by atoms with van der Waals surface area (Å²) in [7, 11) is 0. The molecule has 0 radical (unpaired) electrons. The van der Waals surface area contributed by atoms with Crippen LogP contribution in [0.2, 0.25) is 0 Å². The summed E-state index contributed by atoms with van der Waals surface area (Å²) in [5.41, 5.74) is 0.753. The number of halogens is 2. The van der Waals surface area contributed by atoms with E-state index >= 15 is 0 Å². The van der Waals surface area contributed by atoms with Crippen molar-refractivity contribution >= 4 is 0 Å². The van der Waals surface area contributed by atoms with Gasteiger partial charge in [0.25, 0.3) is 0 Å². The predicted molar refractivity (Wildman–Crippen MR) is 75.0 cm³/mol. The van der Waals surface area contributed by atoms with Crippen LogP contribution in [0.5, 0.6) is 11.6 Å². The summed E-state index contributed by atoms with van der Waals surface area (Å²) >= 11 is 0. The van der Waals surface area contributed by atoms with Crippen molar-refractivity contribution in [3.8, 4) is 11.6 Å². The van der Waals surface area contributed by atoms with E-state index in [-0.39, 0.29) is 11.6 Å². The molecule has 112 valence electrons. The molecule has 0 saturated heterocycles. The highest BCUT2D eigenvalue weighted by Gasteiger charge is 2.07.